The Bertz CT molecular complexity index is 293. The first-order chi connectivity index (χ1) is 7.29. The van der Waals surface area contributed by atoms with Crippen LogP contribution < -0.4 is 0 Å². The Balaban J connectivity index is 2.01. The van der Waals surface area contributed by atoms with Gasteiger partial charge in [-0.1, -0.05) is 0 Å². The summed E-state index contributed by atoms with van der Waals surface area (Å²) < 4.78 is 10.6. The minimum absolute atomic E-state index is 0.356. The van der Waals surface area contributed by atoms with Crippen LogP contribution in [0.15, 0.2) is 0 Å². The average molecular weight is 230 g/mol. The zero-order valence-corrected chi connectivity index (χ0v) is 9.71. The molecule has 5 nitrogen and oxygen atoms in total. The van der Waals surface area contributed by atoms with Crippen LogP contribution in [0.4, 0.5) is 0 Å². The Morgan fingerprint density at radius 2 is 1.94 bits per heavy atom. The van der Waals surface area contributed by atoms with Crippen molar-refractivity contribution in [1.29, 1.82) is 0 Å². The van der Waals surface area contributed by atoms with E-state index in [1.54, 1.807) is 20.8 Å². The summed E-state index contributed by atoms with van der Waals surface area (Å²) in [6.45, 7) is 5.39. The van der Waals surface area contributed by atoms with Crippen LogP contribution in [0.2, 0.25) is 0 Å². The SMILES string of the molecule is CC(C)(C)OC(=O)C1C[C@H]2O[C@@H]1[C@H](O)[C@@H]2O. The summed E-state index contributed by atoms with van der Waals surface area (Å²) in [7, 11) is 0. The second kappa shape index (κ2) is 3.68. The number of aliphatic hydroxyl groups excluding tert-OH is 2. The number of ether oxygens (including phenoxy) is 2. The molecule has 1 unspecified atom stereocenters. The third-order valence-electron chi connectivity index (χ3n) is 2.99. The lowest BCUT2D eigenvalue weighted by atomic mass is 9.85. The maximum Gasteiger partial charge on any atom is 0.312 e. The summed E-state index contributed by atoms with van der Waals surface area (Å²) in [5.41, 5.74) is -0.539. The van der Waals surface area contributed by atoms with Gasteiger partial charge in [0.1, 0.15) is 17.8 Å². The Hall–Kier alpha value is -0.650. The number of hydrogen-bond donors (Lipinski definition) is 2. The molecule has 5 atom stereocenters. The van der Waals surface area contributed by atoms with Crippen molar-refractivity contribution in [1.82, 2.24) is 0 Å². The molecule has 2 aliphatic rings. The summed E-state index contributed by atoms with van der Waals surface area (Å²) in [5, 5.41) is 19.1. The Labute approximate surface area is 94.4 Å². The molecular formula is C11H18O5. The lowest BCUT2D eigenvalue weighted by Crippen LogP contribution is -2.45. The van der Waals surface area contributed by atoms with E-state index in [0.29, 0.717) is 6.42 Å². The number of hydrogen-bond acceptors (Lipinski definition) is 5. The average Bonchev–Trinajstić information content (AvgIpc) is 2.65. The highest BCUT2D eigenvalue weighted by Crippen LogP contribution is 2.40. The summed E-state index contributed by atoms with van der Waals surface area (Å²) in [4.78, 5) is 11.8. The fourth-order valence-corrected chi connectivity index (χ4v) is 2.30. The first-order valence-electron chi connectivity index (χ1n) is 5.54. The van der Waals surface area contributed by atoms with Gasteiger partial charge in [-0.25, -0.2) is 0 Å². The smallest absolute Gasteiger partial charge is 0.312 e. The molecule has 0 aromatic heterocycles. The molecule has 2 heterocycles. The van der Waals surface area contributed by atoms with Crippen molar-refractivity contribution in [3.8, 4) is 0 Å². The van der Waals surface area contributed by atoms with E-state index in [1.165, 1.54) is 0 Å². The molecule has 0 saturated carbocycles. The van der Waals surface area contributed by atoms with Gasteiger partial charge >= 0.3 is 5.97 Å². The molecule has 2 bridgehead atoms. The molecule has 92 valence electrons. The van der Waals surface area contributed by atoms with Crippen LogP contribution in [-0.2, 0) is 14.3 Å². The van der Waals surface area contributed by atoms with E-state index in [1.807, 2.05) is 0 Å². The highest BCUT2D eigenvalue weighted by atomic mass is 16.6. The van der Waals surface area contributed by atoms with Crippen molar-refractivity contribution in [2.45, 2.75) is 57.2 Å². The molecule has 2 saturated heterocycles. The van der Waals surface area contributed by atoms with Gasteiger partial charge in [-0.3, -0.25) is 4.79 Å². The fourth-order valence-electron chi connectivity index (χ4n) is 2.30. The van der Waals surface area contributed by atoms with Crippen LogP contribution in [0.5, 0.6) is 0 Å². The van der Waals surface area contributed by atoms with E-state index in [0.717, 1.165) is 0 Å². The molecule has 2 rings (SSSR count). The number of fused-ring (bicyclic) bond motifs is 2. The zero-order valence-electron chi connectivity index (χ0n) is 9.71. The number of carbonyl (C=O) groups is 1. The Morgan fingerprint density at radius 1 is 1.31 bits per heavy atom. The number of aliphatic hydroxyl groups is 2. The van der Waals surface area contributed by atoms with E-state index in [2.05, 4.69) is 0 Å². The molecule has 0 spiro atoms. The largest absolute Gasteiger partial charge is 0.460 e. The number of esters is 1. The van der Waals surface area contributed by atoms with Gasteiger partial charge in [0.05, 0.1) is 18.1 Å². The van der Waals surface area contributed by atoms with Crippen LogP contribution in [0.25, 0.3) is 0 Å². The number of carbonyl (C=O) groups excluding carboxylic acids is 1. The first-order valence-corrected chi connectivity index (χ1v) is 5.54. The van der Waals surface area contributed by atoms with Crippen LogP contribution in [0.3, 0.4) is 0 Å². The van der Waals surface area contributed by atoms with Crippen LogP contribution in [-0.4, -0.2) is 46.2 Å². The van der Waals surface area contributed by atoms with E-state index in [4.69, 9.17) is 9.47 Å². The Morgan fingerprint density at radius 3 is 2.38 bits per heavy atom. The van der Waals surface area contributed by atoms with Crippen molar-refractivity contribution >= 4 is 5.97 Å². The monoisotopic (exact) mass is 230 g/mol. The molecule has 0 aromatic carbocycles. The van der Waals surface area contributed by atoms with Crippen molar-refractivity contribution in [3.63, 3.8) is 0 Å². The van der Waals surface area contributed by atoms with E-state index < -0.39 is 35.9 Å². The van der Waals surface area contributed by atoms with Crippen molar-refractivity contribution < 1.29 is 24.5 Å². The fraction of sp³-hybridized carbons (Fsp3) is 0.909. The van der Waals surface area contributed by atoms with Crippen LogP contribution >= 0.6 is 0 Å². The molecule has 2 N–H and O–H groups in total. The second-order valence-electron chi connectivity index (χ2n) is 5.50. The van der Waals surface area contributed by atoms with Gasteiger partial charge in [0.15, 0.2) is 0 Å². The molecule has 2 fully saturated rings. The van der Waals surface area contributed by atoms with Gasteiger partial charge in [-0.05, 0) is 27.2 Å². The molecule has 0 radical (unpaired) electrons. The summed E-state index contributed by atoms with van der Waals surface area (Å²) >= 11 is 0. The van der Waals surface area contributed by atoms with Gasteiger partial charge < -0.3 is 19.7 Å². The lowest BCUT2D eigenvalue weighted by molar-refractivity contribution is -0.164. The summed E-state index contributed by atoms with van der Waals surface area (Å²) in [5.74, 6) is -0.812. The minimum atomic E-state index is -0.976. The molecule has 0 aliphatic carbocycles. The van der Waals surface area contributed by atoms with Gasteiger partial charge in [0, 0.05) is 0 Å². The molecule has 16 heavy (non-hydrogen) atoms. The van der Waals surface area contributed by atoms with Gasteiger partial charge in [-0.2, -0.15) is 0 Å². The third kappa shape index (κ3) is 1.95. The lowest BCUT2D eigenvalue weighted by Gasteiger charge is -2.28. The maximum atomic E-state index is 11.8. The standard InChI is InChI=1S/C11H18O5/c1-11(2,3)16-10(14)5-4-6-7(12)8(13)9(5)15-6/h5-9,12-13H,4H2,1-3H3/t5?,6-,7-,8-,9+/m1/s1. The van der Waals surface area contributed by atoms with Crippen LogP contribution in [0.1, 0.15) is 27.2 Å². The topological polar surface area (TPSA) is 76.0 Å². The number of rotatable bonds is 1. The maximum absolute atomic E-state index is 11.8. The van der Waals surface area contributed by atoms with Gasteiger partial charge in [0.25, 0.3) is 0 Å². The highest BCUT2D eigenvalue weighted by molar-refractivity contribution is 5.74. The molecule has 2 aliphatic heterocycles. The third-order valence-corrected chi connectivity index (χ3v) is 2.99. The van der Waals surface area contributed by atoms with E-state index >= 15 is 0 Å². The first kappa shape index (κ1) is 11.8. The van der Waals surface area contributed by atoms with E-state index in [-0.39, 0.29) is 5.97 Å². The minimum Gasteiger partial charge on any atom is -0.460 e. The second-order valence-corrected chi connectivity index (χ2v) is 5.50. The predicted octanol–water partition coefficient (Wildman–Crippen LogP) is -0.163. The van der Waals surface area contributed by atoms with E-state index in [9.17, 15) is 15.0 Å². The van der Waals surface area contributed by atoms with Crippen molar-refractivity contribution in [2.24, 2.45) is 5.92 Å². The predicted molar refractivity (Wildman–Crippen MR) is 54.6 cm³/mol. The normalized spacial score (nSPS) is 42.4. The molecular weight excluding hydrogens is 212 g/mol. The van der Waals surface area contributed by atoms with Gasteiger partial charge in [0.2, 0.25) is 0 Å². The summed E-state index contributed by atoms with van der Waals surface area (Å²) in [6.07, 6.45) is -2.47. The highest BCUT2D eigenvalue weighted by Gasteiger charge is 2.56. The Kier molecular flexibility index (Phi) is 2.72. The van der Waals surface area contributed by atoms with Gasteiger partial charge in [-0.15, -0.1) is 0 Å². The molecule has 0 aromatic rings. The zero-order chi connectivity index (χ0) is 12.1. The van der Waals surface area contributed by atoms with Crippen molar-refractivity contribution in [2.75, 3.05) is 0 Å². The van der Waals surface area contributed by atoms with Crippen molar-refractivity contribution in [3.05, 3.63) is 0 Å². The molecule has 5 heteroatoms. The summed E-state index contributed by atoms with van der Waals surface area (Å²) in [6, 6.07) is 0. The molecule has 0 amide bonds. The van der Waals surface area contributed by atoms with Crippen LogP contribution in [0, 0.1) is 5.92 Å². The quantitative estimate of drug-likeness (QED) is 0.612.